The summed E-state index contributed by atoms with van der Waals surface area (Å²) in [4.78, 5) is 34.2. The van der Waals surface area contributed by atoms with Gasteiger partial charge in [-0.25, -0.2) is 19.2 Å². The Morgan fingerprint density at radius 2 is 1.62 bits per heavy atom. The van der Waals surface area contributed by atoms with Crippen LogP contribution in [0.2, 0.25) is 0 Å². The van der Waals surface area contributed by atoms with E-state index in [0.29, 0.717) is 45.2 Å². The lowest BCUT2D eigenvalue weighted by Gasteiger charge is -2.13. The van der Waals surface area contributed by atoms with E-state index in [1.165, 1.54) is 38.7 Å². The number of nitrogens with zero attached hydrogens (tertiary/aromatic N) is 4. The zero-order valence-corrected chi connectivity index (χ0v) is 22.1. The number of aryl methyl sites for hydroxylation is 2. The van der Waals surface area contributed by atoms with Crippen LogP contribution >= 0.6 is 0 Å². The van der Waals surface area contributed by atoms with Crippen molar-refractivity contribution in [2.45, 2.75) is 13.8 Å². The molecule has 0 saturated heterocycles. The molecule has 0 radical (unpaired) electrons. The summed E-state index contributed by atoms with van der Waals surface area (Å²) in [5.41, 5.74) is 2.23. The normalized spacial score (nSPS) is 10.8. The highest BCUT2D eigenvalue weighted by Crippen LogP contribution is 2.35. The molecule has 0 unspecified atom stereocenters. The molecule has 202 valence electrons. The second-order valence-corrected chi connectivity index (χ2v) is 8.87. The number of aromatic nitrogens is 4. The second-order valence-electron chi connectivity index (χ2n) is 8.87. The summed E-state index contributed by atoms with van der Waals surface area (Å²) in [7, 11) is 3.05. The van der Waals surface area contributed by atoms with Crippen LogP contribution in [0.4, 0.5) is 15.9 Å². The van der Waals surface area contributed by atoms with Crippen molar-refractivity contribution in [2.24, 2.45) is 0 Å². The lowest BCUT2D eigenvalue weighted by molar-refractivity contribution is 0.0718. The number of fused-ring (bicyclic) bond motifs is 1. The summed E-state index contributed by atoms with van der Waals surface area (Å²) in [5, 5.41) is 7.93. The van der Waals surface area contributed by atoms with Crippen LogP contribution in [0, 0.1) is 19.7 Å². The fourth-order valence-corrected chi connectivity index (χ4v) is 4.04. The van der Waals surface area contributed by atoms with Crippen LogP contribution in [0.5, 0.6) is 17.2 Å². The molecule has 0 fully saturated rings. The minimum absolute atomic E-state index is 0.124. The monoisotopic (exact) mass is 541 g/mol. The molecule has 0 aliphatic carbocycles. The first kappa shape index (κ1) is 26.3. The minimum atomic E-state index is -0.918. The van der Waals surface area contributed by atoms with Gasteiger partial charge in [0.15, 0.2) is 28.8 Å². The fourth-order valence-electron chi connectivity index (χ4n) is 4.04. The first-order chi connectivity index (χ1) is 19.3. The molecule has 3 aromatic carbocycles. The number of carbonyl (C=O) groups excluding carboxylic acids is 1. The van der Waals surface area contributed by atoms with Crippen LogP contribution < -0.4 is 25.1 Å². The molecule has 0 spiro atoms. The lowest BCUT2D eigenvalue weighted by atomic mass is 10.2. The van der Waals surface area contributed by atoms with Gasteiger partial charge in [-0.2, -0.15) is 9.78 Å². The second kappa shape index (κ2) is 10.8. The molecule has 11 heteroatoms. The number of methoxy groups -OCH3 is 2. The number of rotatable bonds is 7. The number of ether oxygens (including phenoxy) is 3. The van der Waals surface area contributed by atoms with Gasteiger partial charge in [0.1, 0.15) is 12.1 Å². The van der Waals surface area contributed by atoms with Crippen molar-refractivity contribution in [3.63, 3.8) is 0 Å². The van der Waals surface area contributed by atoms with E-state index in [1.807, 2.05) is 19.1 Å². The third kappa shape index (κ3) is 5.17. The summed E-state index contributed by atoms with van der Waals surface area (Å²) in [6, 6.07) is 15.7. The summed E-state index contributed by atoms with van der Waals surface area (Å²) in [6.45, 7) is 3.47. The van der Waals surface area contributed by atoms with Gasteiger partial charge in [-0.1, -0.05) is 17.7 Å². The number of anilines is 2. The van der Waals surface area contributed by atoms with E-state index in [4.69, 9.17) is 14.2 Å². The fraction of sp³-hybridized carbons (Fsp3) is 0.138. The van der Waals surface area contributed by atoms with Crippen LogP contribution in [0.1, 0.15) is 21.6 Å². The molecule has 0 bridgehead atoms. The van der Waals surface area contributed by atoms with Crippen molar-refractivity contribution in [3.05, 3.63) is 100.0 Å². The van der Waals surface area contributed by atoms with Gasteiger partial charge in [-0.05, 0) is 49.7 Å². The number of esters is 1. The number of hydrogen-bond donors (Lipinski definition) is 1. The maximum atomic E-state index is 14.7. The molecule has 0 aliphatic heterocycles. The number of halogens is 1. The number of carbonyl (C=O) groups is 1. The Labute approximate surface area is 228 Å². The number of benzene rings is 3. The molecular formula is C29H24FN5O5. The molecular weight excluding hydrogens is 517 g/mol. The topological polar surface area (TPSA) is 117 Å². The first-order valence-corrected chi connectivity index (χ1v) is 12.1. The number of nitrogens with one attached hydrogen (secondary N) is 1. The molecule has 1 N–H and O–H groups in total. The summed E-state index contributed by atoms with van der Waals surface area (Å²) >= 11 is 0. The van der Waals surface area contributed by atoms with Gasteiger partial charge >= 0.3 is 5.97 Å². The van der Waals surface area contributed by atoms with Gasteiger partial charge < -0.3 is 19.5 Å². The zero-order chi connectivity index (χ0) is 28.4. The van der Waals surface area contributed by atoms with Gasteiger partial charge in [0, 0.05) is 29.3 Å². The van der Waals surface area contributed by atoms with Crippen LogP contribution in [0.15, 0.2) is 71.8 Å². The zero-order valence-electron chi connectivity index (χ0n) is 22.1. The van der Waals surface area contributed by atoms with E-state index >= 15 is 0 Å². The van der Waals surface area contributed by atoms with Crippen LogP contribution in [0.25, 0.3) is 16.6 Å². The SMILES string of the molecule is COc1cc2ncnc(Nc3ccc(F)c(OC(=O)c4nn(-c5ccc(C)cc5)c(=O)cc4C)c3)c2cc1OC. The third-order valence-electron chi connectivity index (χ3n) is 6.13. The minimum Gasteiger partial charge on any atom is -0.493 e. The van der Waals surface area contributed by atoms with Crippen molar-refractivity contribution < 1.29 is 23.4 Å². The van der Waals surface area contributed by atoms with E-state index in [2.05, 4.69) is 20.4 Å². The lowest BCUT2D eigenvalue weighted by Crippen LogP contribution is -2.26. The summed E-state index contributed by atoms with van der Waals surface area (Å²) in [6.07, 6.45) is 1.37. The van der Waals surface area contributed by atoms with Crippen molar-refractivity contribution in [3.8, 4) is 22.9 Å². The van der Waals surface area contributed by atoms with Gasteiger partial charge in [0.05, 0.1) is 25.4 Å². The Hall–Kier alpha value is -5.32. The Morgan fingerprint density at radius 1 is 0.900 bits per heavy atom. The Kier molecular flexibility index (Phi) is 7.11. The van der Waals surface area contributed by atoms with Crippen molar-refractivity contribution in [2.75, 3.05) is 19.5 Å². The average Bonchev–Trinajstić information content (AvgIpc) is 2.95. The Bertz CT molecular complexity index is 1800. The predicted octanol–water partition coefficient (Wildman–Crippen LogP) is 4.91. The van der Waals surface area contributed by atoms with Crippen LogP contribution in [0.3, 0.4) is 0 Å². The van der Waals surface area contributed by atoms with Gasteiger partial charge in [-0.3, -0.25) is 4.79 Å². The van der Waals surface area contributed by atoms with Gasteiger partial charge in [0.25, 0.3) is 5.56 Å². The summed E-state index contributed by atoms with van der Waals surface area (Å²) in [5.74, 6) is -0.606. The van der Waals surface area contributed by atoms with Crippen molar-refractivity contribution >= 4 is 28.4 Å². The maximum absolute atomic E-state index is 14.7. The standard InChI is InChI=1S/C29H24FN5O5/c1-16-5-8-19(9-6-16)35-26(36)11-17(2)27(34-35)29(37)40-23-12-18(7-10-21(23)30)33-28-20-13-24(38-3)25(39-4)14-22(20)31-15-32-28/h5-15H,1-4H3,(H,31,32,33). The number of hydrogen-bond acceptors (Lipinski definition) is 9. The van der Waals surface area contributed by atoms with Gasteiger partial charge in [-0.15, -0.1) is 0 Å². The largest absolute Gasteiger partial charge is 0.493 e. The molecule has 2 aromatic heterocycles. The van der Waals surface area contributed by atoms with E-state index < -0.39 is 17.3 Å². The highest BCUT2D eigenvalue weighted by Gasteiger charge is 2.19. The smallest absolute Gasteiger partial charge is 0.364 e. The van der Waals surface area contributed by atoms with E-state index in [0.717, 1.165) is 16.3 Å². The van der Waals surface area contributed by atoms with E-state index in [1.54, 1.807) is 31.2 Å². The quantitative estimate of drug-likeness (QED) is 0.226. The Balaban J connectivity index is 1.45. The molecule has 5 aromatic rings. The molecule has 0 atom stereocenters. The first-order valence-electron chi connectivity index (χ1n) is 12.1. The van der Waals surface area contributed by atoms with Crippen molar-refractivity contribution in [1.82, 2.24) is 19.7 Å². The molecule has 2 heterocycles. The van der Waals surface area contributed by atoms with Gasteiger partial charge in [0.2, 0.25) is 0 Å². The molecule has 10 nitrogen and oxygen atoms in total. The molecule has 40 heavy (non-hydrogen) atoms. The van der Waals surface area contributed by atoms with E-state index in [-0.39, 0.29) is 11.4 Å². The van der Waals surface area contributed by atoms with Crippen molar-refractivity contribution in [1.29, 1.82) is 0 Å². The highest BCUT2D eigenvalue weighted by molar-refractivity contribution is 5.93. The molecule has 5 rings (SSSR count). The Morgan fingerprint density at radius 3 is 2.35 bits per heavy atom. The molecule has 0 amide bonds. The molecule has 0 saturated carbocycles. The molecule has 0 aliphatic rings. The van der Waals surface area contributed by atoms with E-state index in [9.17, 15) is 14.0 Å². The van der Waals surface area contributed by atoms with Crippen LogP contribution in [-0.4, -0.2) is 39.9 Å². The highest BCUT2D eigenvalue weighted by atomic mass is 19.1. The van der Waals surface area contributed by atoms with Crippen LogP contribution in [-0.2, 0) is 0 Å². The average molecular weight is 542 g/mol. The maximum Gasteiger partial charge on any atom is 0.364 e. The third-order valence-corrected chi connectivity index (χ3v) is 6.13. The summed E-state index contributed by atoms with van der Waals surface area (Å²) < 4.78 is 31.9. The predicted molar refractivity (Wildman–Crippen MR) is 147 cm³/mol.